The van der Waals surface area contributed by atoms with Crippen LogP contribution < -0.4 is 0 Å². The van der Waals surface area contributed by atoms with E-state index < -0.39 is 47.8 Å². The Morgan fingerprint density at radius 3 is 2.04 bits per heavy atom. The van der Waals surface area contributed by atoms with Crippen LogP contribution in [0.4, 0.5) is 11.4 Å². The minimum absolute atomic E-state index is 0. The number of hydrogen-bond acceptors (Lipinski definition) is 8. The van der Waals surface area contributed by atoms with E-state index in [1.165, 1.54) is 6.42 Å². The Labute approximate surface area is 182 Å². The second-order valence-corrected chi connectivity index (χ2v) is 7.62. The number of nitro benzene ring substituents is 2. The van der Waals surface area contributed by atoms with Crippen LogP contribution in [-0.2, 0) is 14.9 Å². The average molecular weight is 426 g/mol. The van der Waals surface area contributed by atoms with Crippen LogP contribution in [0.3, 0.4) is 0 Å². The van der Waals surface area contributed by atoms with E-state index in [0.29, 0.717) is 24.5 Å². The summed E-state index contributed by atoms with van der Waals surface area (Å²) in [5.41, 5.74) is -3.08. The van der Waals surface area contributed by atoms with E-state index >= 15 is 0 Å². The molecular formula is C15H19N2NaO9S. The first-order chi connectivity index (χ1) is 12.6. The molecule has 13 heteroatoms. The van der Waals surface area contributed by atoms with Crippen molar-refractivity contribution >= 4 is 57.0 Å². The first kappa shape index (κ1) is 24.4. The number of carbonyl (C=O) groups is 1. The van der Waals surface area contributed by atoms with Crippen LogP contribution in [-0.4, -0.2) is 65.0 Å². The molecule has 0 aromatic heterocycles. The number of hydrogen-bond donors (Lipinski definition) is 1. The first-order valence-corrected chi connectivity index (χ1v) is 9.66. The number of benzene rings is 1. The normalized spacial score (nSPS) is 14.8. The zero-order valence-corrected chi connectivity index (χ0v) is 15.0. The molecule has 0 spiro atoms. The van der Waals surface area contributed by atoms with Crippen molar-refractivity contribution in [3.8, 4) is 0 Å². The van der Waals surface area contributed by atoms with Crippen molar-refractivity contribution in [3.05, 3.63) is 37.9 Å². The number of nitro groups is 2. The number of carbonyl (C=O) groups excluding carboxylic acids is 1. The molecule has 1 aromatic carbocycles. The van der Waals surface area contributed by atoms with Gasteiger partial charge in [-0.25, -0.2) is 4.79 Å². The van der Waals surface area contributed by atoms with Gasteiger partial charge in [0.15, 0.2) is 0 Å². The average Bonchev–Trinajstić information content (AvgIpc) is 2.60. The number of nitrogens with zero attached hydrogens (tertiary/aromatic N) is 2. The molecule has 1 fully saturated rings. The zero-order valence-electron chi connectivity index (χ0n) is 14.2. The molecule has 0 atom stereocenters. The van der Waals surface area contributed by atoms with Crippen molar-refractivity contribution in [1.82, 2.24) is 0 Å². The van der Waals surface area contributed by atoms with Gasteiger partial charge in [-0.3, -0.25) is 24.8 Å². The third-order valence-corrected chi connectivity index (χ3v) is 5.35. The molecule has 0 radical (unpaired) electrons. The predicted molar refractivity (Wildman–Crippen MR) is 98.2 cm³/mol. The predicted octanol–water partition coefficient (Wildman–Crippen LogP) is 2.23. The number of rotatable bonds is 7. The van der Waals surface area contributed by atoms with Gasteiger partial charge < -0.3 is 4.74 Å². The van der Waals surface area contributed by atoms with Gasteiger partial charge in [0, 0.05) is 12.1 Å². The summed E-state index contributed by atoms with van der Waals surface area (Å²) in [4.78, 5) is 30.4. The fourth-order valence-corrected chi connectivity index (χ4v) is 3.92. The van der Waals surface area contributed by atoms with E-state index in [1.807, 2.05) is 0 Å². The van der Waals surface area contributed by atoms with E-state index in [4.69, 9.17) is 9.29 Å². The van der Waals surface area contributed by atoms with E-state index in [1.54, 1.807) is 0 Å². The summed E-state index contributed by atoms with van der Waals surface area (Å²) in [6.07, 6.45) is 6.04. The summed E-state index contributed by atoms with van der Waals surface area (Å²) in [6.45, 7) is 0.0468. The van der Waals surface area contributed by atoms with Gasteiger partial charge in [0.2, 0.25) is 4.90 Å². The molecule has 0 amide bonds. The van der Waals surface area contributed by atoms with Gasteiger partial charge in [-0.05, 0) is 12.3 Å². The van der Waals surface area contributed by atoms with E-state index in [9.17, 15) is 33.4 Å². The molecule has 0 bridgehead atoms. The molecule has 1 aromatic rings. The van der Waals surface area contributed by atoms with Crippen molar-refractivity contribution in [2.75, 3.05) is 6.61 Å². The number of esters is 1. The van der Waals surface area contributed by atoms with Crippen LogP contribution in [0, 0.1) is 26.1 Å². The monoisotopic (exact) mass is 426 g/mol. The molecule has 0 aliphatic heterocycles. The molecule has 1 N–H and O–H groups in total. The number of ether oxygens (including phenoxy) is 1. The van der Waals surface area contributed by atoms with Gasteiger partial charge >= 0.3 is 45.6 Å². The summed E-state index contributed by atoms with van der Waals surface area (Å²) in [5.74, 6) is -0.629. The Hall–Kier alpha value is -1.60. The van der Waals surface area contributed by atoms with E-state index in [-0.39, 0.29) is 36.2 Å². The topological polar surface area (TPSA) is 167 Å². The summed E-state index contributed by atoms with van der Waals surface area (Å²) < 4.78 is 36.8. The summed E-state index contributed by atoms with van der Waals surface area (Å²) >= 11 is 0. The molecule has 0 saturated heterocycles. The molecule has 11 nitrogen and oxygen atoms in total. The van der Waals surface area contributed by atoms with Crippen LogP contribution >= 0.6 is 0 Å². The fourth-order valence-electron chi connectivity index (χ4n) is 3.13. The molecule has 1 saturated carbocycles. The van der Waals surface area contributed by atoms with Crippen LogP contribution in [0.15, 0.2) is 17.0 Å². The SMILES string of the molecule is O=C(OCCC1CCCCC1)c1cc([N+](=O)[O-])c(S(=O)(=O)O)c([N+](=O)[O-])c1.[NaH]. The Kier molecular flexibility index (Phi) is 8.95. The molecular weight excluding hydrogens is 407 g/mol. The molecule has 1 aliphatic carbocycles. The standard InChI is InChI=1S/C15H18N2O9S.Na.H/c18-15(26-7-6-10-4-2-1-3-5-10)11-8-12(16(19)20)14(27(23,24)25)13(9-11)17(21)22;;/h8-10H,1-7H2,(H,23,24,25);;. The van der Waals surface area contributed by atoms with Gasteiger partial charge in [0.05, 0.1) is 22.0 Å². The Morgan fingerprint density at radius 2 is 1.61 bits per heavy atom. The molecule has 1 aliphatic rings. The van der Waals surface area contributed by atoms with Gasteiger partial charge in [-0.1, -0.05) is 32.1 Å². The second kappa shape index (κ2) is 10.3. The second-order valence-electron chi connectivity index (χ2n) is 6.26. The van der Waals surface area contributed by atoms with Crippen molar-refractivity contribution in [3.63, 3.8) is 0 Å². The maximum atomic E-state index is 12.1. The van der Waals surface area contributed by atoms with Crippen LogP contribution in [0.25, 0.3) is 0 Å². The van der Waals surface area contributed by atoms with E-state index in [0.717, 1.165) is 25.7 Å². The van der Waals surface area contributed by atoms with Crippen molar-refractivity contribution in [2.45, 2.75) is 43.4 Å². The third kappa shape index (κ3) is 6.21. The Bertz CT molecular complexity index is 831. The molecule has 2 rings (SSSR count). The summed E-state index contributed by atoms with van der Waals surface area (Å²) in [5, 5.41) is 22.2. The van der Waals surface area contributed by atoms with Crippen molar-refractivity contribution in [2.24, 2.45) is 5.92 Å². The Morgan fingerprint density at radius 1 is 1.11 bits per heavy atom. The third-order valence-electron chi connectivity index (χ3n) is 4.42. The quantitative estimate of drug-likeness (QED) is 0.226. The van der Waals surface area contributed by atoms with Gasteiger partial charge in [0.1, 0.15) is 0 Å². The van der Waals surface area contributed by atoms with Gasteiger partial charge in [-0.2, -0.15) is 8.42 Å². The molecule has 28 heavy (non-hydrogen) atoms. The van der Waals surface area contributed by atoms with Crippen molar-refractivity contribution in [1.29, 1.82) is 0 Å². The van der Waals surface area contributed by atoms with Crippen LogP contribution in [0.1, 0.15) is 48.9 Å². The first-order valence-electron chi connectivity index (χ1n) is 8.22. The van der Waals surface area contributed by atoms with Gasteiger partial charge in [-0.15, -0.1) is 0 Å². The van der Waals surface area contributed by atoms with Gasteiger partial charge in [0.25, 0.3) is 11.4 Å². The summed E-state index contributed by atoms with van der Waals surface area (Å²) in [7, 11) is -5.26. The fraction of sp³-hybridized carbons (Fsp3) is 0.533. The minimum atomic E-state index is -5.26. The molecule has 0 heterocycles. The maximum absolute atomic E-state index is 12.1. The molecule has 0 unspecified atom stereocenters. The molecule has 150 valence electrons. The van der Waals surface area contributed by atoms with Crippen LogP contribution in [0.2, 0.25) is 0 Å². The zero-order chi connectivity index (χ0) is 20.2. The van der Waals surface area contributed by atoms with E-state index in [2.05, 4.69) is 0 Å². The Balaban J connectivity index is 0.00000392. The summed E-state index contributed by atoms with van der Waals surface area (Å²) in [6, 6.07) is 1.08. The van der Waals surface area contributed by atoms with Crippen molar-refractivity contribution < 1.29 is 32.3 Å². The van der Waals surface area contributed by atoms with Crippen LogP contribution in [0.5, 0.6) is 0 Å².